The predicted molar refractivity (Wildman–Crippen MR) is 97.6 cm³/mol. The number of hydrogen-bond donors (Lipinski definition) is 1. The second kappa shape index (κ2) is 5.96. The monoisotopic (exact) mass is 324 g/mol. The van der Waals surface area contributed by atoms with Crippen molar-refractivity contribution in [1.82, 2.24) is 9.55 Å². The number of amides is 1. The SMILES string of the molecule is C=CC(=O)Nc1cc2nc(N3CCCCC3)n(C)c2cc1C1CC1. The van der Waals surface area contributed by atoms with Gasteiger partial charge in [-0.15, -0.1) is 0 Å². The molecule has 0 spiro atoms. The van der Waals surface area contributed by atoms with E-state index in [1.807, 2.05) is 6.07 Å². The number of nitrogens with one attached hydrogen (secondary N) is 1. The summed E-state index contributed by atoms with van der Waals surface area (Å²) in [6.45, 7) is 5.70. The van der Waals surface area contributed by atoms with Crippen molar-refractivity contribution in [2.45, 2.75) is 38.0 Å². The molecule has 1 aromatic carbocycles. The van der Waals surface area contributed by atoms with Gasteiger partial charge in [0.25, 0.3) is 0 Å². The fourth-order valence-corrected chi connectivity index (χ4v) is 3.64. The Balaban J connectivity index is 1.78. The number of anilines is 2. The van der Waals surface area contributed by atoms with Crippen molar-refractivity contribution in [3.63, 3.8) is 0 Å². The van der Waals surface area contributed by atoms with Crippen LogP contribution in [0.3, 0.4) is 0 Å². The van der Waals surface area contributed by atoms with Crippen molar-refractivity contribution in [2.24, 2.45) is 7.05 Å². The largest absolute Gasteiger partial charge is 0.342 e. The molecule has 0 radical (unpaired) electrons. The molecule has 0 unspecified atom stereocenters. The van der Waals surface area contributed by atoms with Gasteiger partial charge in [0.15, 0.2) is 0 Å². The summed E-state index contributed by atoms with van der Waals surface area (Å²) >= 11 is 0. The lowest BCUT2D eigenvalue weighted by Gasteiger charge is -2.27. The van der Waals surface area contributed by atoms with Crippen LogP contribution in [0.2, 0.25) is 0 Å². The molecule has 1 saturated heterocycles. The quantitative estimate of drug-likeness (QED) is 0.875. The van der Waals surface area contributed by atoms with E-state index in [9.17, 15) is 4.79 Å². The molecular weight excluding hydrogens is 300 g/mol. The van der Waals surface area contributed by atoms with E-state index in [2.05, 4.69) is 34.5 Å². The highest BCUT2D eigenvalue weighted by Gasteiger charge is 2.28. The molecule has 1 saturated carbocycles. The minimum atomic E-state index is -0.163. The molecule has 2 heterocycles. The maximum Gasteiger partial charge on any atom is 0.247 e. The zero-order valence-corrected chi connectivity index (χ0v) is 14.2. The van der Waals surface area contributed by atoms with Crippen molar-refractivity contribution in [3.05, 3.63) is 30.4 Å². The molecule has 2 fully saturated rings. The lowest BCUT2D eigenvalue weighted by Crippen LogP contribution is -2.31. The lowest BCUT2D eigenvalue weighted by atomic mass is 10.1. The van der Waals surface area contributed by atoms with E-state index in [0.717, 1.165) is 35.8 Å². The number of aryl methyl sites for hydroxylation is 1. The Kier molecular flexibility index (Phi) is 3.79. The number of carbonyl (C=O) groups is 1. The Bertz CT molecular complexity index is 797. The van der Waals surface area contributed by atoms with Crippen LogP contribution < -0.4 is 10.2 Å². The van der Waals surface area contributed by atoms with Gasteiger partial charge in [0.05, 0.1) is 11.0 Å². The molecule has 24 heavy (non-hydrogen) atoms. The summed E-state index contributed by atoms with van der Waals surface area (Å²) in [7, 11) is 2.10. The van der Waals surface area contributed by atoms with Gasteiger partial charge in [-0.05, 0) is 61.8 Å². The Morgan fingerprint density at radius 2 is 2.04 bits per heavy atom. The van der Waals surface area contributed by atoms with E-state index in [-0.39, 0.29) is 5.91 Å². The van der Waals surface area contributed by atoms with Crippen LogP contribution in [-0.4, -0.2) is 28.5 Å². The average Bonchev–Trinajstić information content (AvgIpc) is 3.40. The summed E-state index contributed by atoms with van der Waals surface area (Å²) in [5, 5.41) is 2.96. The van der Waals surface area contributed by atoms with Gasteiger partial charge in [0.1, 0.15) is 0 Å². The molecule has 5 heteroatoms. The number of nitrogens with zero attached hydrogens (tertiary/aromatic N) is 3. The smallest absolute Gasteiger partial charge is 0.247 e. The maximum atomic E-state index is 11.8. The number of fused-ring (bicyclic) bond motifs is 1. The van der Waals surface area contributed by atoms with E-state index in [4.69, 9.17) is 4.98 Å². The molecule has 5 nitrogen and oxygen atoms in total. The Morgan fingerprint density at radius 1 is 1.29 bits per heavy atom. The summed E-state index contributed by atoms with van der Waals surface area (Å²) in [6, 6.07) is 4.24. The average molecular weight is 324 g/mol. The van der Waals surface area contributed by atoms with Crippen LogP contribution in [0, 0.1) is 0 Å². The normalized spacial score (nSPS) is 18.0. The molecule has 4 rings (SSSR count). The number of imidazole rings is 1. The first kappa shape index (κ1) is 15.2. The second-order valence-electron chi connectivity index (χ2n) is 6.91. The van der Waals surface area contributed by atoms with Crippen molar-refractivity contribution < 1.29 is 4.79 Å². The van der Waals surface area contributed by atoms with Gasteiger partial charge in [-0.3, -0.25) is 4.79 Å². The molecular formula is C19H24N4O. The molecule has 1 aromatic heterocycles. The minimum absolute atomic E-state index is 0.163. The maximum absolute atomic E-state index is 11.8. The van der Waals surface area contributed by atoms with Gasteiger partial charge in [-0.25, -0.2) is 4.98 Å². The standard InChI is InChI=1S/C19H24N4O/c1-3-18(24)20-15-12-16-17(11-14(15)13-7-8-13)22(2)19(21-16)23-9-5-4-6-10-23/h3,11-13H,1,4-10H2,2H3,(H,20,24). The van der Waals surface area contributed by atoms with Crippen LogP contribution in [0.25, 0.3) is 11.0 Å². The van der Waals surface area contributed by atoms with Gasteiger partial charge in [0, 0.05) is 25.8 Å². The van der Waals surface area contributed by atoms with Gasteiger partial charge in [-0.1, -0.05) is 6.58 Å². The van der Waals surface area contributed by atoms with E-state index in [0.29, 0.717) is 5.92 Å². The predicted octanol–water partition coefficient (Wildman–Crippen LogP) is 3.57. The fraction of sp³-hybridized carbons (Fsp3) is 0.474. The highest BCUT2D eigenvalue weighted by molar-refractivity contribution is 6.01. The van der Waals surface area contributed by atoms with Crippen LogP contribution in [0.5, 0.6) is 0 Å². The summed E-state index contributed by atoms with van der Waals surface area (Å²) < 4.78 is 2.20. The summed E-state index contributed by atoms with van der Waals surface area (Å²) in [4.78, 5) is 19.0. The highest BCUT2D eigenvalue weighted by Crippen LogP contribution is 2.45. The topological polar surface area (TPSA) is 50.2 Å². The lowest BCUT2D eigenvalue weighted by molar-refractivity contribution is -0.111. The highest BCUT2D eigenvalue weighted by atomic mass is 16.1. The molecule has 1 aliphatic carbocycles. The van der Waals surface area contributed by atoms with Crippen LogP contribution in [0.4, 0.5) is 11.6 Å². The van der Waals surface area contributed by atoms with Gasteiger partial charge in [-0.2, -0.15) is 0 Å². The molecule has 1 amide bonds. The number of piperidine rings is 1. The summed E-state index contributed by atoms with van der Waals surface area (Å²) in [5.41, 5.74) is 4.21. The molecule has 126 valence electrons. The molecule has 0 bridgehead atoms. The zero-order valence-electron chi connectivity index (χ0n) is 14.2. The second-order valence-corrected chi connectivity index (χ2v) is 6.91. The number of carbonyl (C=O) groups excluding carboxylic acids is 1. The molecule has 1 N–H and O–H groups in total. The van der Waals surface area contributed by atoms with E-state index < -0.39 is 0 Å². The molecule has 2 aliphatic rings. The van der Waals surface area contributed by atoms with Gasteiger partial charge >= 0.3 is 0 Å². The number of hydrogen-bond acceptors (Lipinski definition) is 3. The van der Waals surface area contributed by atoms with E-state index >= 15 is 0 Å². The third-order valence-corrected chi connectivity index (χ3v) is 5.13. The zero-order chi connectivity index (χ0) is 16.7. The van der Waals surface area contributed by atoms with E-state index in [1.165, 1.54) is 43.7 Å². The van der Waals surface area contributed by atoms with Crippen molar-refractivity contribution in [1.29, 1.82) is 0 Å². The minimum Gasteiger partial charge on any atom is -0.342 e. The van der Waals surface area contributed by atoms with Crippen molar-refractivity contribution in [3.8, 4) is 0 Å². The van der Waals surface area contributed by atoms with Crippen molar-refractivity contribution >= 4 is 28.6 Å². The third kappa shape index (κ3) is 2.68. The van der Waals surface area contributed by atoms with Crippen molar-refractivity contribution in [2.75, 3.05) is 23.3 Å². The Hall–Kier alpha value is -2.30. The summed E-state index contributed by atoms with van der Waals surface area (Å²) in [5.74, 6) is 1.44. The van der Waals surface area contributed by atoms with E-state index in [1.54, 1.807) is 0 Å². The molecule has 1 aliphatic heterocycles. The fourth-order valence-electron chi connectivity index (χ4n) is 3.64. The van der Waals surface area contributed by atoms with Crippen LogP contribution >= 0.6 is 0 Å². The first-order chi connectivity index (χ1) is 11.7. The number of aromatic nitrogens is 2. The Morgan fingerprint density at radius 3 is 2.71 bits per heavy atom. The first-order valence-corrected chi connectivity index (χ1v) is 8.86. The van der Waals surface area contributed by atoms with Crippen LogP contribution in [0.1, 0.15) is 43.6 Å². The number of rotatable bonds is 4. The van der Waals surface area contributed by atoms with Gasteiger partial charge in [0.2, 0.25) is 11.9 Å². The van der Waals surface area contributed by atoms with Crippen LogP contribution in [-0.2, 0) is 11.8 Å². The number of benzene rings is 1. The van der Waals surface area contributed by atoms with Crippen LogP contribution in [0.15, 0.2) is 24.8 Å². The first-order valence-electron chi connectivity index (χ1n) is 8.86. The molecule has 2 aromatic rings. The molecule has 0 atom stereocenters. The third-order valence-electron chi connectivity index (χ3n) is 5.13. The van der Waals surface area contributed by atoms with Gasteiger partial charge < -0.3 is 14.8 Å². The Labute approximate surface area is 142 Å². The summed E-state index contributed by atoms with van der Waals surface area (Å²) in [6.07, 6.45) is 7.48.